The summed E-state index contributed by atoms with van der Waals surface area (Å²) in [6.07, 6.45) is 0.773. The Kier molecular flexibility index (Phi) is 5.96. The van der Waals surface area contributed by atoms with E-state index in [9.17, 15) is 13.2 Å². The van der Waals surface area contributed by atoms with Crippen molar-refractivity contribution in [1.82, 2.24) is 9.62 Å². The first kappa shape index (κ1) is 16.1. The molecule has 0 spiro atoms. The van der Waals surface area contributed by atoms with Crippen molar-refractivity contribution in [3.8, 4) is 0 Å². The maximum Gasteiger partial charge on any atom is 0.221 e. The first-order valence-electron chi connectivity index (χ1n) is 6.09. The molecule has 108 valence electrons. The number of thiophene rings is 1. The number of nitrogens with zero attached hydrogens (tertiary/aromatic N) is 1. The third kappa shape index (κ3) is 4.93. The average Bonchev–Trinajstić information content (AvgIpc) is 2.87. The van der Waals surface area contributed by atoms with E-state index < -0.39 is 10.0 Å². The third-order valence-electron chi connectivity index (χ3n) is 2.77. The van der Waals surface area contributed by atoms with Gasteiger partial charge in [0.1, 0.15) is 0 Å². The molecule has 0 aliphatic heterocycles. The molecule has 0 radical (unpaired) electrons. The molecule has 0 aliphatic rings. The van der Waals surface area contributed by atoms with Gasteiger partial charge in [-0.2, -0.15) is 0 Å². The van der Waals surface area contributed by atoms with Gasteiger partial charge in [-0.3, -0.25) is 4.79 Å². The zero-order valence-electron chi connectivity index (χ0n) is 11.4. The van der Waals surface area contributed by atoms with Crippen LogP contribution in [0, 0.1) is 0 Å². The van der Waals surface area contributed by atoms with Crippen LogP contribution >= 0.6 is 11.3 Å². The predicted molar refractivity (Wildman–Crippen MR) is 77.6 cm³/mol. The number of rotatable bonds is 7. The Hall–Kier alpha value is -0.920. The first-order chi connectivity index (χ1) is 8.86. The molecule has 7 heteroatoms. The summed E-state index contributed by atoms with van der Waals surface area (Å²) in [5.41, 5.74) is 0. The number of carbonyl (C=O) groups is 1. The molecule has 1 rings (SSSR count). The van der Waals surface area contributed by atoms with E-state index >= 15 is 0 Å². The average molecular weight is 304 g/mol. The molecule has 1 aromatic heterocycles. The molecule has 1 N–H and O–H groups in total. The fourth-order valence-corrected chi connectivity index (χ4v) is 3.20. The zero-order chi connectivity index (χ0) is 14.5. The summed E-state index contributed by atoms with van der Waals surface area (Å²) in [5.74, 6) is -0.391. The van der Waals surface area contributed by atoms with Crippen LogP contribution in [-0.4, -0.2) is 38.5 Å². The topological polar surface area (TPSA) is 66.5 Å². The SMILES string of the molecule is CC[C@@H](NC(=O)CCS(=O)(=O)N(C)C)c1cccs1. The lowest BCUT2D eigenvalue weighted by atomic mass is 10.2. The van der Waals surface area contributed by atoms with E-state index in [1.807, 2.05) is 24.4 Å². The Morgan fingerprint density at radius 2 is 2.16 bits per heavy atom. The monoisotopic (exact) mass is 304 g/mol. The Morgan fingerprint density at radius 1 is 1.47 bits per heavy atom. The van der Waals surface area contributed by atoms with Crippen molar-refractivity contribution in [3.63, 3.8) is 0 Å². The van der Waals surface area contributed by atoms with Gasteiger partial charge in [0, 0.05) is 25.4 Å². The number of hydrogen-bond acceptors (Lipinski definition) is 4. The van der Waals surface area contributed by atoms with Gasteiger partial charge in [0.15, 0.2) is 0 Å². The van der Waals surface area contributed by atoms with Crippen molar-refractivity contribution in [1.29, 1.82) is 0 Å². The second kappa shape index (κ2) is 7.02. The van der Waals surface area contributed by atoms with Gasteiger partial charge < -0.3 is 5.32 Å². The summed E-state index contributed by atoms with van der Waals surface area (Å²) in [5, 5.41) is 4.83. The van der Waals surface area contributed by atoms with Gasteiger partial charge in [-0.25, -0.2) is 12.7 Å². The van der Waals surface area contributed by atoms with Gasteiger partial charge in [-0.05, 0) is 17.9 Å². The Morgan fingerprint density at radius 3 is 2.63 bits per heavy atom. The lowest BCUT2D eigenvalue weighted by molar-refractivity contribution is -0.121. The number of amides is 1. The van der Waals surface area contributed by atoms with E-state index in [1.54, 1.807) is 11.3 Å². The molecule has 19 heavy (non-hydrogen) atoms. The molecular weight excluding hydrogens is 284 g/mol. The summed E-state index contributed by atoms with van der Waals surface area (Å²) in [6, 6.07) is 3.87. The lowest BCUT2D eigenvalue weighted by Crippen LogP contribution is -2.32. The van der Waals surface area contributed by atoms with Crippen molar-refractivity contribution in [3.05, 3.63) is 22.4 Å². The summed E-state index contributed by atoms with van der Waals surface area (Å²) in [4.78, 5) is 12.9. The van der Waals surface area contributed by atoms with Crippen LogP contribution in [-0.2, 0) is 14.8 Å². The van der Waals surface area contributed by atoms with E-state index in [-0.39, 0.29) is 24.1 Å². The van der Waals surface area contributed by atoms with Gasteiger partial charge in [0.05, 0.1) is 11.8 Å². The molecule has 1 heterocycles. The molecule has 1 aromatic rings. The summed E-state index contributed by atoms with van der Waals surface area (Å²) in [7, 11) is -0.382. The van der Waals surface area contributed by atoms with Crippen LogP contribution < -0.4 is 5.32 Å². The smallest absolute Gasteiger partial charge is 0.221 e. The molecule has 1 amide bonds. The highest BCUT2D eigenvalue weighted by Crippen LogP contribution is 2.21. The number of nitrogens with one attached hydrogen (secondary N) is 1. The van der Waals surface area contributed by atoms with E-state index in [1.165, 1.54) is 14.1 Å². The maximum absolute atomic E-state index is 11.8. The molecule has 0 aromatic carbocycles. The van der Waals surface area contributed by atoms with Crippen molar-refractivity contribution in [2.45, 2.75) is 25.8 Å². The van der Waals surface area contributed by atoms with Gasteiger partial charge >= 0.3 is 0 Å². The molecule has 0 unspecified atom stereocenters. The van der Waals surface area contributed by atoms with Crippen LogP contribution in [0.15, 0.2) is 17.5 Å². The van der Waals surface area contributed by atoms with E-state index in [4.69, 9.17) is 0 Å². The fraction of sp³-hybridized carbons (Fsp3) is 0.583. The Labute approximate surface area is 118 Å². The van der Waals surface area contributed by atoms with Crippen LogP contribution in [0.25, 0.3) is 0 Å². The Balaban J connectivity index is 2.51. The second-order valence-electron chi connectivity index (χ2n) is 4.39. The molecule has 0 bridgehead atoms. The van der Waals surface area contributed by atoms with Crippen molar-refractivity contribution < 1.29 is 13.2 Å². The van der Waals surface area contributed by atoms with E-state index in [0.717, 1.165) is 15.6 Å². The normalized spacial score (nSPS) is 13.5. The summed E-state index contributed by atoms with van der Waals surface area (Å²) in [6.45, 7) is 1.99. The van der Waals surface area contributed by atoms with Crippen molar-refractivity contribution in [2.24, 2.45) is 0 Å². The standard InChI is InChI=1S/C12H20N2O3S2/c1-4-10(11-6-5-8-18-11)13-12(15)7-9-19(16,17)14(2)3/h5-6,8,10H,4,7,9H2,1-3H3,(H,13,15)/t10-/m1/s1. The zero-order valence-corrected chi connectivity index (χ0v) is 13.1. The number of hydrogen-bond donors (Lipinski definition) is 1. The van der Waals surface area contributed by atoms with Gasteiger partial charge in [-0.1, -0.05) is 13.0 Å². The molecule has 1 atom stereocenters. The quantitative estimate of drug-likeness (QED) is 0.832. The predicted octanol–water partition coefficient (Wildman–Crippen LogP) is 1.60. The highest BCUT2D eigenvalue weighted by Gasteiger charge is 2.18. The van der Waals surface area contributed by atoms with E-state index in [0.29, 0.717) is 0 Å². The van der Waals surface area contributed by atoms with Gasteiger partial charge in [0.2, 0.25) is 15.9 Å². The highest BCUT2D eigenvalue weighted by molar-refractivity contribution is 7.89. The van der Waals surface area contributed by atoms with Crippen molar-refractivity contribution in [2.75, 3.05) is 19.8 Å². The minimum Gasteiger partial charge on any atom is -0.348 e. The second-order valence-corrected chi connectivity index (χ2v) is 7.67. The van der Waals surface area contributed by atoms with Gasteiger partial charge in [0.25, 0.3) is 0 Å². The molecule has 5 nitrogen and oxygen atoms in total. The molecule has 0 saturated carbocycles. The first-order valence-corrected chi connectivity index (χ1v) is 8.58. The van der Waals surface area contributed by atoms with Crippen LogP contribution in [0.5, 0.6) is 0 Å². The van der Waals surface area contributed by atoms with Crippen LogP contribution in [0.2, 0.25) is 0 Å². The maximum atomic E-state index is 11.8. The van der Waals surface area contributed by atoms with Crippen LogP contribution in [0.1, 0.15) is 30.7 Å². The van der Waals surface area contributed by atoms with Gasteiger partial charge in [-0.15, -0.1) is 11.3 Å². The Bertz CT molecular complexity index is 495. The lowest BCUT2D eigenvalue weighted by Gasteiger charge is -2.16. The molecule has 0 fully saturated rings. The van der Waals surface area contributed by atoms with Crippen molar-refractivity contribution >= 4 is 27.3 Å². The summed E-state index contributed by atoms with van der Waals surface area (Å²) >= 11 is 1.58. The minimum absolute atomic E-state index is 0.0115. The third-order valence-corrected chi connectivity index (χ3v) is 5.59. The number of sulfonamides is 1. The van der Waals surface area contributed by atoms with Crippen LogP contribution in [0.3, 0.4) is 0 Å². The summed E-state index contributed by atoms with van der Waals surface area (Å²) < 4.78 is 24.3. The van der Waals surface area contributed by atoms with E-state index in [2.05, 4.69) is 5.32 Å². The number of carbonyl (C=O) groups excluding carboxylic acids is 1. The highest BCUT2D eigenvalue weighted by atomic mass is 32.2. The molecule has 0 saturated heterocycles. The molecular formula is C12H20N2O3S2. The fourth-order valence-electron chi connectivity index (χ4n) is 1.53. The molecule has 0 aliphatic carbocycles. The largest absolute Gasteiger partial charge is 0.348 e. The minimum atomic E-state index is -3.31. The van der Waals surface area contributed by atoms with Crippen LogP contribution in [0.4, 0.5) is 0 Å².